The van der Waals surface area contributed by atoms with E-state index >= 15 is 0 Å². The summed E-state index contributed by atoms with van der Waals surface area (Å²) < 4.78 is 0. The van der Waals surface area contributed by atoms with Gasteiger partial charge < -0.3 is 21.7 Å². The lowest BCUT2D eigenvalue weighted by Gasteiger charge is -2.24. The first-order valence-corrected chi connectivity index (χ1v) is 8.33. The zero-order chi connectivity index (χ0) is 16.5. The zero-order valence-electron chi connectivity index (χ0n) is 13.2. The number of aliphatic carboxylic acids is 2. The molecular formula is C16H30N2O4. The number of carboxylic acid groups (broad SMARTS) is 2. The van der Waals surface area contributed by atoms with E-state index in [2.05, 4.69) is 0 Å². The molecule has 0 atom stereocenters. The van der Waals surface area contributed by atoms with Gasteiger partial charge in [-0.2, -0.15) is 0 Å². The quantitative estimate of drug-likeness (QED) is 0.625. The number of hydrogen-bond donors (Lipinski definition) is 4. The Bertz CT molecular complexity index is 312. The molecule has 0 amide bonds. The Hall–Kier alpha value is -1.14. The average molecular weight is 314 g/mol. The molecule has 0 spiro atoms. The monoisotopic (exact) mass is 314 g/mol. The van der Waals surface area contributed by atoms with Crippen LogP contribution in [-0.4, -0.2) is 35.2 Å². The lowest BCUT2D eigenvalue weighted by molar-refractivity contribution is -0.144. The minimum absolute atomic E-state index is 0.0993. The molecule has 0 radical (unpaired) electrons. The lowest BCUT2D eigenvalue weighted by atomic mass is 9.82. The van der Waals surface area contributed by atoms with Crippen LogP contribution in [0, 0.1) is 23.7 Å². The molecule has 2 aliphatic carbocycles. The van der Waals surface area contributed by atoms with Gasteiger partial charge in [-0.25, -0.2) is 0 Å². The van der Waals surface area contributed by atoms with Crippen molar-refractivity contribution in [1.29, 1.82) is 0 Å². The van der Waals surface area contributed by atoms with E-state index in [1.165, 1.54) is 0 Å². The molecule has 2 aliphatic rings. The molecule has 0 bridgehead atoms. The summed E-state index contributed by atoms with van der Waals surface area (Å²) in [7, 11) is 0. The van der Waals surface area contributed by atoms with E-state index in [0.717, 1.165) is 51.4 Å². The number of carboxylic acids is 2. The first-order valence-electron chi connectivity index (χ1n) is 8.33. The maximum absolute atomic E-state index is 10.5. The van der Waals surface area contributed by atoms with Crippen LogP contribution in [0.5, 0.6) is 0 Å². The molecule has 0 aromatic carbocycles. The minimum Gasteiger partial charge on any atom is -0.481 e. The number of carbonyl (C=O) groups is 2. The normalized spacial score (nSPS) is 31.7. The summed E-state index contributed by atoms with van der Waals surface area (Å²) in [6.45, 7) is 1.43. The second-order valence-electron chi connectivity index (χ2n) is 6.58. The van der Waals surface area contributed by atoms with Gasteiger partial charge in [-0.1, -0.05) is 0 Å². The SMILES string of the molecule is NCC1CCC(C(=O)O)CC1.NCC1CCC(C(=O)O)CC1. The molecule has 0 aromatic rings. The van der Waals surface area contributed by atoms with E-state index in [1.54, 1.807) is 0 Å². The summed E-state index contributed by atoms with van der Waals surface area (Å²) in [5.74, 6) is -0.326. The van der Waals surface area contributed by atoms with E-state index in [9.17, 15) is 9.59 Å². The van der Waals surface area contributed by atoms with Crippen molar-refractivity contribution in [2.45, 2.75) is 51.4 Å². The summed E-state index contributed by atoms with van der Waals surface area (Å²) in [5.41, 5.74) is 11.0. The highest BCUT2D eigenvalue weighted by atomic mass is 16.4. The second kappa shape index (κ2) is 9.79. The molecule has 6 nitrogen and oxygen atoms in total. The molecule has 128 valence electrons. The lowest BCUT2D eigenvalue weighted by Crippen LogP contribution is -2.25. The smallest absolute Gasteiger partial charge is 0.306 e. The van der Waals surface area contributed by atoms with Gasteiger partial charge >= 0.3 is 11.9 Å². The third kappa shape index (κ3) is 6.32. The van der Waals surface area contributed by atoms with E-state index in [0.29, 0.717) is 24.9 Å². The molecular weight excluding hydrogens is 284 g/mol. The molecule has 2 saturated carbocycles. The van der Waals surface area contributed by atoms with Crippen molar-refractivity contribution < 1.29 is 19.8 Å². The van der Waals surface area contributed by atoms with Crippen LogP contribution in [0.1, 0.15) is 51.4 Å². The first-order chi connectivity index (χ1) is 10.5. The molecule has 2 fully saturated rings. The van der Waals surface area contributed by atoms with Crippen molar-refractivity contribution in [3.63, 3.8) is 0 Å². The van der Waals surface area contributed by atoms with E-state index in [-0.39, 0.29) is 11.8 Å². The number of hydrogen-bond acceptors (Lipinski definition) is 4. The van der Waals surface area contributed by atoms with Gasteiger partial charge in [-0.05, 0) is 76.3 Å². The largest absolute Gasteiger partial charge is 0.481 e. The zero-order valence-corrected chi connectivity index (χ0v) is 13.2. The Morgan fingerprint density at radius 2 is 0.955 bits per heavy atom. The molecule has 0 aromatic heterocycles. The molecule has 0 saturated heterocycles. The van der Waals surface area contributed by atoms with Gasteiger partial charge in [0.05, 0.1) is 11.8 Å². The van der Waals surface area contributed by atoms with Gasteiger partial charge in [-0.3, -0.25) is 9.59 Å². The van der Waals surface area contributed by atoms with E-state index in [1.807, 2.05) is 0 Å². The van der Waals surface area contributed by atoms with Crippen LogP contribution < -0.4 is 11.5 Å². The van der Waals surface area contributed by atoms with Crippen molar-refractivity contribution in [3.8, 4) is 0 Å². The molecule has 2 rings (SSSR count). The average Bonchev–Trinajstić information content (AvgIpc) is 2.55. The summed E-state index contributed by atoms with van der Waals surface area (Å²) in [6.07, 6.45) is 7.24. The fourth-order valence-electron chi connectivity index (χ4n) is 3.29. The molecule has 0 aliphatic heterocycles. The summed E-state index contributed by atoms with van der Waals surface area (Å²) >= 11 is 0. The van der Waals surface area contributed by atoms with Crippen molar-refractivity contribution in [2.24, 2.45) is 35.1 Å². The van der Waals surface area contributed by atoms with Gasteiger partial charge in [0.25, 0.3) is 0 Å². The fourth-order valence-corrected chi connectivity index (χ4v) is 3.29. The molecule has 0 heterocycles. The topological polar surface area (TPSA) is 127 Å². The molecule has 6 N–H and O–H groups in total. The van der Waals surface area contributed by atoms with Crippen LogP contribution in [0.2, 0.25) is 0 Å². The first kappa shape index (κ1) is 18.9. The summed E-state index contributed by atoms with van der Waals surface area (Å²) in [5, 5.41) is 17.3. The van der Waals surface area contributed by atoms with E-state index < -0.39 is 11.9 Å². The number of rotatable bonds is 4. The van der Waals surface area contributed by atoms with Crippen LogP contribution in [0.25, 0.3) is 0 Å². The Balaban J connectivity index is 0.000000220. The standard InChI is InChI=1S/2C8H15NO2/c2*9-5-6-1-3-7(4-2-6)8(10)11/h2*6-7H,1-5,9H2,(H,10,11). The Labute approximate surface area is 132 Å². The summed E-state index contributed by atoms with van der Waals surface area (Å²) in [4.78, 5) is 21.0. The predicted molar refractivity (Wildman–Crippen MR) is 84.3 cm³/mol. The molecule has 22 heavy (non-hydrogen) atoms. The van der Waals surface area contributed by atoms with Gasteiger partial charge in [-0.15, -0.1) is 0 Å². The summed E-state index contributed by atoms with van der Waals surface area (Å²) in [6, 6.07) is 0. The maximum atomic E-state index is 10.5. The molecule has 0 unspecified atom stereocenters. The Morgan fingerprint density at radius 3 is 1.14 bits per heavy atom. The highest BCUT2D eigenvalue weighted by Gasteiger charge is 2.25. The van der Waals surface area contributed by atoms with Crippen molar-refractivity contribution in [1.82, 2.24) is 0 Å². The highest BCUT2D eigenvalue weighted by molar-refractivity contribution is 5.70. The van der Waals surface area contributed by atoms with Crippen LogP contribution in [0.15, 0.2) is 0 Å². The van der Waals surface area contributed by atoms with Crippen LogP contribution in [0.4, 0.5) is 0 Å². The van der Waals surface area contributed by atoms with Crippen molar-refractivity contribution in [3.05, 3.63) is 0 Å². The molecule has 6 heteroatoms. The second-order valence-corrected chi connectivity index (χ2v) is 6.58. The fraction of sp³-hybridized carbons (Fsp3) is 0.875. The van der Waals surface area contributed by atoms with Crippen LogP contribution >= 0.6 is 0 Å². The van der Waals surface area contributed by atoms with Crippen molar-refractivity contribution >= 4 is 11.9 Å². The van der Waals surface area contributed by atoms with Gasteiger partial charge in [0.2, 0.25) is 0 Å². The van der Waals surface area contributed by atoms with Crippen molar-refractivity contribution in [2.75, 3.05) is 13.1 Å². The minimum atomic E-state index is -0.638. The Morgan fingerprint density at radius 1 is 0.682 bits per heavy atom. The van der Waals surface area contributed by atoms with E-state index in [4.69, 9.17) is 21.7 Å². The highest BCUT2D eigenvalue weighted by Crippen LogP contribution is 2.28. The van der Waals surface area contributed by atoms with Gasteiger partial charge in [0.15, 0.2) is 0 Å². The van der Waals surface area contributed by atoms with Gasteiger partial charge in [0, 0.05) is 0 Å². The van der Waals surface area contributed by atoms with Crippen LogP contribution in [-0.2, 0) is 9.59 Å². The third-order valence-corrected chi connectivity index (χ3v) is 5.06. The predicted octanol–water partition coefficient (Wildman–Crippen LogP) is 1.67. The number of nitrogens with two attached hydrogens (primary N) is 2. The maximum Gasteiger partial charge on any atom is 0.306 e. The van der Waals surface area contributed by atoms with Crippen LogP contribution in [0.3, 0.4) is 0 Å². The third-order valence-electron chi connectivity index (χ3n) is 5.06. The Kier molecular flexibility index (Phi) is 8.42. The van der Waals surface area contributed by atoms with Gasteiger partial charge in [0.1, 0.15) is 0 Å².